The van der Waals surface area contributed by atoms with Crippen LogP contribution >= 0.6 is 11.8 Å². The minimum atomic E-state index is 0.0533. The second-order valence-corrected chi connectivity index (χ2v) is 6.57. The molecule has 2 aliphatic heterocycles. The fraction of sp³-hybridized carbons (Fsp3) is 0.917. The molecule has 5 unspecified atom stereocenters. The summed E-state index contributed by atoms with van der Waals surface area (Å²) in [4.78, 5) is 12.1. The van der Waals surface area contributed by atoms with Crippen molar-refractivity contribution in [2.24, 2.45) is 11.7 Å². The van der Waals surface area contributed by atoms with Crippen LogP contribution in [0.3, 0.4) is 0 Å². The zero-order valence-electron chi connectivity index (χ0n) is 9.93. The molecule has 1 saturated carbocycles. The van der Waals surface area contributed by atoms with E-state index in [9.17, 15) is 4.79 Å². The molecule has 2 saturated heterocycles. The third-order valence-corrected chi connectivity index (χ3v) is 5.60. The molecule has 5 atom stereocenters. The van der Waals surface area contributed by atoms with Crippen molar-refractivity contribution in [3.8, 4) is 0 Å². The summed E-state index contributed by atoms with van der Waals surface area (Å²) in [5.74, 6) is 1.75. The predicted octanol–water partition coefficient (Wildman–Crippen LogP) is 0.503. The van der Waals surface area contributed by atoms with Crippen LogP contribution in [0.5, 0.6) is 0 Å². The van der Waals surface area contributed by atoms with E-state index in [1.165, 1.54) is 12.8 Å². The number of ether oxygens (including phenoxy) is 1. The summed E-state index contributed by atoms with van der Waals surface area (Å²) in [6.45, 7) is 0.799. The lowest BCUT2D eigenvalue weighted by Crippen LogP contribution is -2.69. The number of thioether (sulfide) groups is 1. The minimum Gasteiger partial charge on any atom is -0.376 e. The highest BCUT2D eigenvalue weighted by molar-refractivity contribution is 8.00. The molecule has 4 nitrogen and oxygen atoms in total. The molecule has 0 aromatic carbocycles. The van der Waals surface area contributed by atoms with Crippen molar-refractivity contribution >= 4 is 17.7 Å². The number of amides is 1. The Morgan fingerprint density at radius 1 is 1.35 bits per heavy atom. The Morgan fingerprint density at radius 3 is 3.00 bits per heavy atom. The number of nitrogens with two attached hydrogens (primary N) is 1. The molecular formula is C12H20N2O2S. The Balaban J connectivity index is 1.54. The monoisotopic (exact) mass is 256 g/mol. The Morgan fingerprint density at radius 2 is 2.24 bits per heavy atom. The van der Waals surface area contributed by atoms with E-state index in [2.05, 4.69) is 5.32 Å². The fourth-order valence-electron chi connectivity index (χ4n) is 3.13. The van der Waals surface area contributed by atoms with Gasteiger partial charge in [0.2, 0.25) is 5.91 Å². The Bertz CT molecular complexity index is 307. The van der Waals surface area contributed by atoms with Crippen molar-refractivity contribution in [1.82, 2.24) is 5.32 Å². The van der Waals surface area contributed by atoms with E-state index in [-0.39, 0.29) is 29.3 Å². The van der Waals surface area contributed by atoms with E-state index in [0.29, 0.717) is 5.92 Å². The van der Waals surface area contributed by atoms with Gasteiger partial charge in [-0.25, -0.2) is 0 Å². The van der Waals surface area contributed by atoms with Crippen LogP contribution in [-0.2, 0) is 9.53 Å². The van der Waals surface area contributed by atoms with Gasteiger partial charge in [0.05, 0.1) is 17.4 Å². The molecule has 3 N–H and O–H groups in total. The molecular weight excluding hydrogens is 236 g/mol. The summed E-state index contributed by atoms with van der Waals surface area (Å²) >= 11 is 1.78. The second kappa shape index (κ2) is 4.78. The summed E-state index contributed by atoms with van der Waals surface area (Å²) in [5, 5.41) is 3.23. The van der Waals surface area contributed by atoms with Gasteiger partial charge in [0.25, 0.3) is 0 Å². The summed E-state index contributed by atoms with van der Waals surface area (Å²) in [6, 6.07) is 0.151. The summed E-state index contributed by atoms with van der Waals surface area (Å²) in [5.41, 5.74) is 6.08. The lowest BCUT2D eigenvalue weighted by molar-refractivity contribution is -0.125. The first-order valence-corrected chi connectivity index (χ1v) is 7.61. The smallest absolute Gasteiger partial charge is 0.233 e. The van der Waals surface area contributed by atoms with Crippen LogP contribution in [0.1, 0.15) is 25.7 Å². The molecule has 3 rings (SSSR count). The number of nitrogens with one attached hydrogen (secondary N) is 1. The third kappa shape index (κ3) is 2.09. The van der Waals surface area contributed by atoms with Gasteiger partial charge in [-0.3, -0.25) is 4.79 Å². The summed E-state index contributed by atoms with van der Waals surface area (Å²) in [7, 11) is 0. The van der Waals surface area contributed by atoms with E-state index in [4.69, 9.17) is 10.5 Å². The molecule has 5 heteroatoms. The first-order chi connectivity index (χ1) is 8.27. The van der Waals surface area contributed by atoms with Gasteiger partial charge in [-0.15, -0.1) is 11.8 Å². The van der Waals surface area contributed by atoms with Crippen molar-refractivity contribution in [2.75, 3.05) is 12.4 Å². The Hall–Kier alpha value is -0.260. The van der Waals surface area contributed by atoms with Crippen molar-refractivity contribution < 1.29 is 9.53 Å². The molecule has 17 heavy (non-hydrogen) atoms. The molecule has 0 aromatic rings. The summed E-state index contributed by atoms with van der Waals surface area (Å²) in [6.07, 6.45) is 4.65. The fourth-order valence-corrected chi connectivity index (χ4v) is 4.34. The van der Waals surface area contributed by atoms with Crippen LogP contribution in [0.25, 0.3) is 0 Å². The van der Waals surface area contributed by atoms with Gasteiger partial charge < -0.3 is 15.8 Å². The maximum Gasteiger partial charge on any atom is 0.233 e. The van der Waals surface area contributed by atoms with E-state index < -0.39 is 0 Å². The van der Waals surface area contributed by atoms with Crippen molar-refractivity contribution in [3.05, 3.63) is 0 Å². The lowest BCUT2D eigenvalue weighted by Gasteiger charge is -2.46. The van der Waals surface area contributed by atoms with E-state index in [0.717, 1.165) is 25.2 Å². The molecule has 3 aliphatic rings. The normalized spacial score (nSPS) is 44.9. The number of carbonyl (C=O) groups excluding carboxylic acids is 1. The van der Waals surface area contributed by atoms with Gasteiger partial charge in [0.1, 0.15) is 0 Å². The standard InChI is InChI=1S/C12H20N2O2S/c13-9-7-4-5-16-11(7)10(9)14-12(15)8-3-1-2-6-17-8/h7-11H,1-6,13H2,(H,14,15). The molecule has 3 fully saturated rings. The van der Waals surface area contributed by atoms with Crippen LogP contribution in [0.4, 0.5) is 0 Å². The SMILES string of the molecule is NC1C2CCOC2C1NC(=O)C1CCCCS1. The number of hydrogen-bond acceptors (Lipinski definition) is 4. The van der Waals surface area contributed by atoms with Crippen LogP contribution < -0.4 is 11.1 Å². The van der Waals surface area contributed by atoms with Gasteiger partial charge in [0.15, 0.2) is 0 Å². The first kappa shape index (κ1) is 11.8. The minimum absolute atomic E-state index is 0.0533. The molecule has 0 bridgehead atoms. The summed E-state index contributed by atoms with van der Waals surface area (Å²) < 4.78 is 5.62. The van der Waals surface area contributed by atoms with Crippen LogP contribution in [0.15, 0.2) is 0 Å². The molecule has 2 heterocycles. The zero-order chi connectivity index (χ0) is 11.8. The highest BCUT2D eigenvalue weighted by Crippen LogP contribution is 2.38. The van der Waals surface area contributed by atoms with E-state index in [1.54, 1.807) is 11.8 Å². The van der Waals surface area contributed by atoms with Crippen LogP contribution in [0.2, 0.25) is 0 Å². The topological polar surface area (TPSA) is 64.3 Å². The Kier molecular flexibility index (Phi) is 3.32. The molecule has 0 aromatic heterocycles. The highest BCUT2D eigenvalue weighted by atomic mass is 32.2. The van der Waals surface area contributed by atoms with Crippen molar-refractivity contribution in [1.29, 1.82) is 0 Å². The molecule has 96 valence electrons. The van der Waals surface area contributed by atoms with Gasteiger partial charge >= 0.3 is 0 Å². The number of fused-ring (bicyclic) bond motifs is 1. The van der Waals surface area contributed by atoms with Crippen LogP contribution in [0, 0.1) is 5.92 Å². The van der Waals surface area contributed by atoms with Gasteiger partial charge in [-0.2, -0.15) is 0 Å². The maximum atomic E-state index is 12.1. The van der Waals surface area contributed by atoms with Crippen LogP contribution in [-0.4, -0.2) is 41.7 Å². The predicted molar refractivity (Wildman–Crippen MR) is 67.9 cm³/mol. The third-order valence-electron chi connectivity index (χ3n) is 4.23. The van der Waals surface area contributed by atoms with E-state index in [1.807, 2.05) is 0 Å². The second-order valence-electron chi connectivity index (χ2n) is 5.25. The largest absolute Gasteiger partial charge is 0.376 e. The first-order valence-electron chi connectivity index (χ1n) is 6.56. The molecule has 0 radical (unpaired) electrons. The van der Waals surface area contributed by atoms with E-state index >= 15 is 0 Å². The number of rotatable bonds is 2. The molecule has 1 amide bonds. The van der Waals surface area contributed by atoms with Gasteiger partial charge in [-0.05, 0) is 25.0 Å². The highest BCUT2D eigenvalue weighted by Gasteiger charge is 2.52. The Labute approximate surface area is 106 Å². The average molecular weight is 256 g/mol. The zero-order valence-corrected chi connectivity index (χ0v) is 10.7. The van der Waals surface area contributed by atoms with Crippen molar-refractivity contribution in [3.63, 3.8) is 0 Å². The van der Waals surface area contributed by atoms with Crippen molar-refractivity contribution in [2.45, 2.75) is 49.1 Å². The van der Waals surface area contributed by atoms with Gasteiger partial charge in [0, 0.05) is 18.6 Å². The quantitative estimate of drug-likeness (QED) is 0.755. The lowest BCUT2D eigenvalue weighted by atomic mass is 9.72. The number of carbonyl (C=O) groups is 1. The van der Waals surface area contributed by atoms with Gasteiger partial charge in [-0.1, -0.05) is 6.42 Å². The maximum absolute atomic E-state index is 12.1. The number of hydrogen-bond donors (Lipinski definition) is 2. The molecule has 1 aliphatic carbocycles. The molecule has 0 spiro atoms. The average Bonchev–Trinajstić information content (AvgIpc) is 2.81.